The molecule has 1 aromatic rings. The number of ether oxygens (including phenoxy) is 2. The molecule has 0 aromatic heterocycles. The zero-order valence-corrected chi connectivity index (χ0v) is 17.3. The highest BCUT2D eigenvalue weighted by molar-refractivity contribution is 5.85. The third-order valence-corrected chi connectivity index (χ3v) is 5.86. The molecular weight excluding hydrogens is 364 g/mol. The van der Waals surface area contributed by atoms with E-state index in [1.54, 1.807) is 7.11 Å². The smallest absolute Gasteiger partial charge is 0.225 e. The lowest BCUT2D eigenvalue weighted by Crippen LogP contribution is -2.52. The molecule has 2 aliphatic carbocycles. The van der Waals surface area contributed by atoms with Crippen LogP contribution in [0.4, 0.5) is 0 Å². The Morgan fingerprint density at radius 2 is 1.89 bits per heavy atom. The van der Waals surface area contributed by atoms with Crippen LogP contribution in [0.5, 0.6) is 11.5 Å². The third kappa shape index (κ3) is 5.52. The van der Waals surface area contributed by atoms with E-state index >= 15 is 0 Å². The Morgan fingerprint density at radius 3 is 2.56 bits per heavy atom. The number of methoxy groups -OCH3 is 1. The van der Waals surface area contributed by atoms with Crippen LogP contribution in [0.3, 0.4) is 0 Å². The molecule has 1 amide bonds. The number of rotatable bonds is 6. The first kappa shape index (κ1) is 21.8. The van der Waals surface area contributed by atoms with Gasteiger partial charge in [-0.05, 0) is 63.1 Å². The fourth-order valence-electron chi connectivity index (χ4n) is 4.21. The van der Waals surface area contributed by atoms with Crippen LogP contribution in [0.25, 0.3) is 0 Å². The second-order valence-electron chi connectivity index (χ2n) is 8.03. The van der Waals surface area contributed by atoms with Gasteiger partial charge in [0.25, 0.3) is 0 Å². The van der Waals surface area contributed by atoms with Crippen molar-refractivity contribution >= 4 is 18.3 Å². The lowest BCUT2D eigenvalue weighted by atomic mass is 9.74. The van der Waals surface area contributed by atoms with Gasteiger partial charge in [-0.3, -0.25) is 4.79 Å². The largest absolute Gasteiger partial charge is 0.493 e. The highest BCUT2D eigenvalue weighted by Gasteiger charge is 2.37. The molecule has 0 radical (unpaired) electrons. The highest BCUT2D eigenvalue weighted by Crippen LogP contribution is 2.33. The molecule has 6 heteroatoms. The molecule has 27 heavy (non-hydrogen) atoms. The maximum Gasteiger partial charge on any atom is 0.225 e. The molecule has 0 saturated heterocycles. The molecule has 3 rings (SSSR count). The Morgan fingerprint density at radius 1 is 1.19 bits per heavy atom. The Bertz CT molecular complexity index is 630. The number of nitrogens with two attached hydrogens (primary N) is 1. The summed E-state index contributed by atoms with van der Waals surface area (Å²) in [6, 6.07) is 5.88. The van der Waals surface area contributed by atoms with Gasteiger partial charge in [0.1, 0.15) is 0 Å². The predicted molar refractivity (Wildman–Crippen MR) is 110 cm³/mol. The summed E-state index contributed by atoms with van der Waals surface area (Å²) < 4.78 is 11.6. The first-order valence-corrected chi connectivity index (χ1v) is 9.90. The van der Waals surface area contributed by atoms with Crippen LogP contribution < -0.4 is 20.5 Å². The van der Waals surface area contributed by atoms with Gasteiger partial charge in [-0.15, -0.1) is 12.4 Å². The number of halogens is 1. The summed E-state index contributed by atoms with van der Waals surface area (Å²) in [5.74, 6) is 1.47. The van der Waals surface area contributed by atoms with E-state index in [0.29, 0.717) is 6.54 Å². The van der Waals surface area contributed by atoms with E-state index in [0.717, 1.165) is 55.6 Å². The van der Waals surface area contributed by atoms with Crippen LogP contribution in [0.1, 0.15) is 63.9 Å². The van der Waals surface area contributed by atoms with Crippen LogP contribution in [-0.4, -0.2) is 24.7 Å². The lowest BCUT2D eigenvalue weighted by Gasteiger charge is -2.37. The summed E-state index contributed by atoms with van der Waals surface area (Å²) in [5, 5.41) is 3.07. The Hall–Kier alpha value is -1.46. The number of amides is 1. The molecular formula is C21H33ClN2O3. The molecule has 152 valence electrons. The summed E-state index contributed by atoms with van der Waals surface area (Å²) in [5.41, 5.74) is 6.96. The van der Waals surface area contributed by atoms with Crippen molar-refractivity contribution in [2.24, 2.45) is 11.7 Å². The molecule has 3 N–H and O–H groups in total. The van der Waals surface area contributed by atoms with Gasteiger partial charge < -0.3 is 20.5 Å². The predicted octanol–water partition coefficient (Wildman–Crippen LogP) is 3.96. The molecule has 2 saturated carbocycles. The van der Waals surface area contributed by atoms with Crippen molar-refractivity contribution in [3.63, 3.8) is 0 Å². The average Bonchev–Trinajstić information content (AvgIpc) is 3.12. The van der Waals surface area contributed by atoms with Gasteiger partial charge in [0, 0.05) is 12.1 Å². The minimum absolute atomic E-state index is 0. The van der Waals surface area contributed by atoms with Gasteiger partial charge in [-0.2, -0.15) is 0 Å². The molecule has 0 spiro atoms. The minimum atomic E-state index is -0.404. The fraction of sp³-hybridized carbons (Fsp3) is 0.667. The molecule has 2 aliphatic rings. The van der Waals surface area contributed by atoms with Crippen LogP contribution in [0.15, 0.2) is 18.2 Å². The van der Waals surface area contributed by atoms with Gasteiger partial charge in [0.2, 0.25) is 5.91 Å². The zero-order chi connectivity index (χ0) is 18.6. The molecule has 0 heterocycles. The number of carbonyl (C=O) groups excluding carboxylic acids is 1. The molecule has 0 bridgehead atoms. The maximum absolute atomic E-state index is 12.6. The van der Waals surface area contributed by atoms with E-state index in [1.807, 2.05) is 25.1 Å². The van der Waals surface area contributed by atoms with Crippen LogP contribution >= 0.6 is 12.4 Å². The first-order valence-electron chi connectivity index (χ1n) is 9.90. The molecule has 5 nitrogen and oxygen atoms in total. The summed E-state index contributed by atoms with van der Waals surface area (Å²) in [6.45, 7) is 2.48. The second-order valence-corrected chi connectivity index (χ2v) is 8.03. The van der Waals surface area contributed by atoms with Crippen molar-refractivity contribution in [1.82, 2.24) is 5.32 Å². The van der Waals surface area contributed by atoms with Crippen molar-refractivity contribution in [2.75, 3.05) is 7.11 Å². The topological polar surface area (TPSA) is 73.6 Å². The van der Waals surface area contributed by atoms with Crippen LogP contribution in [0, 0.1) is 5.92 Å². The van der Waals surface area contributed by atoms with Gasteiger partial charge in [-0.1, -0.05) is 18.9 Å². The third-order valence-electron chi connectivity index (χ3n) is 5.86. The molecule has 0 aliphatic heterocycles. The van der Waals surface area contributed by atoms with Gasteiger partial charge in [0.05, 0.1) is 19.1 Å². The van der Waals surface area contributed by atoms with Gasteiger partial charge in [-0.25, -0.2) is 0 Å². The number of benzene rings is 1. The number of hydrogen-bond donors (Lipinski definition) is 2. The summed E-state index contributed by atoms with van der Waals surface area (Å²) >= 11 is 0. The van der Waals surface area contributed by atoms with E-state index in [9.17, 15) is 4.79 Å². The van der Waals surface area contributed by atoms with Gasteiger partial charge in [0.15, 0.2) is 11.5 Å². The fourth-order valence-corrected chi connectivity index (χ4v) is 4.21. The number of nitrogens with one attached hydrogen (secondary N) is 1. The monoisotopic (exact) mass is 396 g/mol. The van der Waals surface area contributed by atoms with Crippen molar-refractivity contribution in [2.45, 2.75) is 76.5 Å². The Kier molecular flexibility index (Phi) is 7.80. The normalized spacial score (nSPS) is 25.5. The van der Waals surface area contributed by atoms with E-state index in [4.69, 9.17) is 15.2 Å². The highest BCUT2D eigenvalue weighted by atomic mass is 35.5. The Labute approximate surface area is 168 Å². The SMILES string of the molecule is COc1ccc(CNC(=O)C2CCCCC2(C)N)cc1OC1CCCC1.Cl. The summed E-state index contributed by atoms with van der Waals surface area (Å²) in [7, 11) is 1.66. The number of carbonyl (C=O) groups is 1. The maximum atomic E-state index is 12.6. The first-order chi connectivity index (χ1) is 12.5. The van der Waals surface area contributed by atoms with E-state index in [1.165, 1.54) is 12.8 Å². The van der Waals surface area contributed by atoms with Crippen LogP contribution in [0.2, 0.25) is 0 Å². The molecule has 2 unspecified atom stereocenters. The minimum Gasteiger partial charge on any atom is -0.493 e. The van der Waals surface area contributed by atoms with E-state index < -0.39 is 5.54 Å². The summed E-state index contributed by atoms with van der Waals surface area (Å²) in [4.78, 5) is 12.6. The number of hydrogen-bond acceptors (Lipinski definition) is 4. The molecule has 1 aromatic carbocycles. The molecule has 2 fully saturated rings. The van der Waals surface area contributed by atoms with Gasteiger partial charge >= 0.3 is 0 Å². The van der Waals surface area contributed by atoms with Crippen molar-refractivity contribution in [3.05, 3.63) is 23.8 Å². The van der Waals surface area contributed by atoms with Crippen molar-refractivity contribution in [1.29, 1.82) is 0 Å². The Balaban J connectivity index is 0.00000261. The quantitative estimate of drug-likeness (QED) is 0.763. The summed E-state index contributed by atoms with van der Waals surface area (Å²) in [6.07, 6.45) is 8.88. The standard InChI is InChI=1S/C21H32N2O3.ClH/c1-21(22)12-6-5-9-17(21)20(24)23-14-15-10-11-18(25-2)19(13-15)26-16-7-3-4-8-16;/h10-11,13,16-17H,3-9,12,14,22H2,1-2H3,(H,23,24);1H. The van der Waals surface area contributed by atoms with Crippen molar-refractivity contribution < 1.29 is 14.3 Å². The zero-order valence-electron chi connectivity index (χ0n) is 16.5. The van der Waals surface area contributed by atoms with E-state index in [2.05, 4.69) is 5.32 Å². The van der Waals surface area contributed by atoms with E-state index in [-0.39, 0.29) is 30.3 Å². The average molecular weight is 397 g/mol. The van der Waals surface area contributed by atoms with Crippen LogP contribution in [-0.2, 0) is 11.3 Å². The molecule has 2 atom stereocenters. The van der Waals surface area contributed by atoms with Crippen molar-refractivity contribution in [3.8, 4) is 11.5 Å². The lowest BCUT2D eigenvalue weighted by molar-refractivity contribution is -0.128. The second kappa shape index (κ2) is 9.65.